The summed E-state index contributed by atoms with van der Waals surface area (Å²) in [7, 11) is 1.57. The van der Waals surface area contributed by atoms with Gasteiger partial charge in [0.15, 0.2) is 22.9 Å². The molecule has 0 atom stereocenters. The van der Waals surface area contributed by atoms with Gasteiger partial charge < -0.3 is 14.1 Å². The number of amides is 1. The van der Waals surface area contributed by atoms with E-state index < -0.39 is 0 Å². The third kappa shape index (κ3) is 3.45. The Morgan fingerprint density at radius 1 is 1.16 bits per heavy atom. The van der Waals surface area contributed by atoms with Crippen molar-refractivity contribution in [2.75, 3.05) is 20.2 Å². The zero-order chi connectivity index (χ0) is 22.4. The summed E-state index contributed by atoms with van der Waals surface area (Å²) in [4.78, 5) is 26.9. The van der Waals surface area contributed by atoms with Crippen molar-refractivity contribution in [3.63, 3.8) is 0 Å². The van der Waals surface area contributed by atoms with Gasteiger partial charge in [-0.2, -0.15) is 5.10 Å². The van der Waals surface area contributed by atoms with Gasteiger partial charge in [0.25, 0.3) is 11.5 Å². The highest BCUT2D eigenvalue weighted by molar-refractivity contribution is 5.97. The first-order valence-electron chi connectivity index (χ1n) is 10.4. The number of hydrogen-bond acceptors (Lipinski definition) is 6. The number of aryl methyl sites for hydroxylation is 2. The van der Waals surface area contributed by atoms with Gasteiger partial charge in [-0.3, -0.25) is 9.59 Å². The third-order valence-corrected chi connectivity index (χ3v) is 5.69. The molecular weight excluding hydrogens is 410 g/mol. The zero-order valence-corrected chi connectivity index (χ0v) is 18.1. The van der Waals surface area contributed by atoms with Crippen LogP contribution in [0.4, 0.5) is 0 Å². The van der Waals surface area contributed by atoms with E-state index in [2.05, 4.69) is 10.2 Å². The minimum atomic E-state index is -0.176. The molecule has 0 bridgehead atoms. The lowest BCUT2D eigenvalue weighted by atomic mass is 10.00. The molecule has 0 radical (unpaired) electrons. The van der Waals surface area contributed by atoms with E-state index in [0.717, 1.165) is 16.8 Å². The summed E-state index contributed by atoms with van der Waals surface area (Å²) in [6.45, 7) is 5.36. The molecule has 0 aliphatic carbocycles. The highest BCUT2D eigenvalue weighted by Gasteiger charge is 2.33. The minimum Gasteiger partial charge on any atom is -0.493 e. The molecule has 1 amide bonds. The summed E-state index contributed by atoms with van der Waals surface area (Å²) in [5.41, 5.74) is 2.22. The zero-order valence-electron chi connectivity index (χ0n) is 18.1. The van der Waals surface area contributed by atoms with Crippen LogP contribution < -0.4 is 10.3 Å². The highest BCUT2D eigenvalue weighted by Crippen LogP contribution is 2.30. The van der Waals surface area contributed by atoms with Gasteiger partial charge in [-0.05, 0) is 38.1 Å². The monoisotopic (exact) mass is 433 g/mol. The van der Waals surface area contributed by atoms with Gasteiger partial charge in [0.05, 0.1) is 19.3 Å². The van der Waals surface area contributed by atoms with Crippen LogP contribution in [0.25, 0.3) is 16.8 Å². The molecule has 0 N–H and O–H groups in total. The van der Waals surface area contributed by atoms with Gasteiger partial charge in [-0.1, -0.05) is 12.1 Å². The Balaban J connectivity index is 1.28. The number of likely N-dealkylation sites (tertiary alicyclic amines) is 1. The molecule has 1 aliphatic rings. The maximum absolute atomic E-state index is 12.8. The molecule has 32 heavy (non-hydrogen) atoms. The van der Waals surface area contributed by atoms with Crippen molar-refractivity contribution < 1.29 is 13.9 Å². The quantitative estimate of drug-likeness (QED) is 0.480. The van der Waals surface area contributed by atoms with Crippen molar-refractivity contribution in [3.8, 4) is 11.6 Å². The van der Waals surface area contributed by atoms with Crippen LogP contribution in [0, 0.1) is 19.8 Å². The van der Waals surface area contributed by atoms with Crippen molar-refractivity contribution in [1.29, 1.82) is 0 Å². The first-order chi connectivity index (χ1) is 15.4. The number of ether oxygens (including phenoxy) is 1. The third-order valence-electron chi connectivity index (χ3n) is 5.69. The van der Waals surface area contributed by atoms with Gasteiger partial charge >= 0.3 is 0 Å². The largest absolute Gasteiger partial charge is 0.493 e. The lowest BCUT2D eigenvalue weighted by Gasteiger charge is -2.38. The first kappa shape index (κ1) is 20.0. The van der Waals surface area contributed by atoms with E-state index in [1.54, 1.807) is 34.9 Å². The summed E-state index contributed by atoms with van der Waals surface area (Å²) < 4.78 is 14.2. The minimum absolute atomic E-state index is 0.138. The number of carbonyl (C=O) groups excluding carboxylic acids is 1. The van der Waals surface area contributed by atoms with Crippen molar-refractivity contribution in [2.24, 2.45) is 5.92 Å². The summed E-state index contributed by atoms with van der Waals surface area (Å²) >= 11 is 0. The van der Waals surface area contributed by atoms with Crippen LogP contribution >= 0.6 is 0 Å². The van der Waals surface area contributed by atoms with Crippen molar-refractivity contribution in [2.45, 2.75) is 20.4 Å². The van der Waals surface area contributed by atoms with E-state index in [1.807, 2.05) is 32.0 Å². The SMILES string of the molecule is COc1cccc2cc(C(=O)N3CC(Cn4nc(-n5nc(C)cc5C)ccc4=O)C3)oc12. The number of benzene rings is 1. The molecular formula is C23H23N5O4. The topological polar surface area (TPSA) is 95.4 Å². The molecule has 164 valence electrons. The van der Waals surface area contributed by atoms with E-state index in [-0.39, 0.29) is 23.1 Å². The molecule has 9 heteroatoms. The molecule has 3 aromatic heterocycles. The lowest BCUT2D eigenvalue weighted by molar-refractivity contribution is 0.0429. The van der Waals surface area contributed by atoms with Crippen molar-refractivity contribution >= 4 is 16.9 Å². The Morgan fingerprint density at radius 2 is 1.97 bits per heavy atom. The van der Waals surface area contributed by atoms with Gasteiger partial charge in [-0.25, -0.2) is 9.36 Å². The standard InChI is InChI=1S/C23H23N5O4/c1-14-9-15(2)28(24-14)20-7-8-21(29)27(25-20)13-16-11-26(12-16)23(30)19-10-17-5-4-6-18(31-3)22(17)32-19/h4-10,16H,11-13H2,1-3H3. The van der Waals surface area contributed by atoms with Crippen LogP contribution in [-0.4, -0.2) is 50.6 Å². The molecule has 0 spiro atoms. The Bertz CT molecular complexity index is 1380. The average Bonchev–Trinajstić information content (AvgIpc) is 3.33. The molecule has 0 saturated carbocycles. The fourth-order valence-electron chi connectivity index (χ4n) is 4.10. The number of nitrogens with zero attached hydrogens (tertiary/aromatic N) is 5. The van der Waals surface area contributed by atoms with Gasteiger partial charge in [-0.15, -0.1) is 5.10 Å². The predicted octanol–water partition coefficient (Wildman–Crippen LogP) is 2.57. The molecule has 4 heterocycles. The Labute approximate surface area is 183 Å². The number of methoxy groups -OCH3 is 1. The summed E-state index contributed by atoms with van der Waals surface area (Å²) in [6, 6.07) is 12.4. The van der Waals surface area contributed by atoms with Crippen LogP contribution in [0.2, 0.25) is 0 Å². The highest BCUT2D eigenvalue weighted by atomic mass is 16.5. The molecule has 4 aromatic rings. The molecule has 5 rings (SSSR count). The number of carbonyl (C=O) groups is 1. The number of aromatic nitrogens is 4. The van der Waals surface area contributed by atoms with E-state index >= 15 is 0 Å². The van der Waals surface area contributed by atoms with E-state index in [4.69, 9.17) is 9.15 Å². The molecule has 1 aromatic carbocycles. The number of fused-ring (bicyclic) bond motifs is 1. The van der Waals surface area contributed by atoms with E-state index in [9.17, 15) is 9.59 Å². The maximum Gasteiger partial charge on any atom is 0.289 e. The average molecular weight is 433 g/mol. The fourth-order valence-corrected chi connectivity index (χ4v) is 4.10. The number of furan rings is 1. The Kier molecular flexibility index (Phi) is 4.80. The van der Waals surface area contributed by atoms with Crippen LogP contribution in [-0.2, 0) is 6.54 Å². The van der Waals surface area contributed by atoms with E-state index in [0.29, 0.717) is 36.8 Å². The molecule has 1 fully saturated rings. The predicted molar refractivity (Wildman–Crippen MR) is 117 cm³/mol. The summed E-state index contributed by atoms with van der Waals surface area (Å²) in [5, 5.41) is 9.73. The fraction of sp³-hybridized carbons (Fsp3) is 0.304. The molecule has 1 aliphatic heterocycles. The number of para-hydroxylation sites is 1. The molecule has 1 saturated heterocycles. The second-order valence-electron chi connectivity index (χ2n) is 8.12. The lowest BCUT2D eigenvalue weighted by Crippen LogP contribution is -2.52. The molecule has 9 nitrogen and oxygen atoms in total. The number of hydrogen-bond donors (Lipinski definition) is 0. The van der Waals surface area contributed by atoms with Crippen molar-refractivity contribution in [1.82, 2.24) is 24.5 Å². The first-order valence-corrected chi connectivity index (χ1v) is 10.4. The molecule has 0 unspecified atom stereocenters. The maximum atomic E-state index is 12.8. The van der Waals surface area contributed by atoms with Gasteiger partial charge in [0, 0.05) is 36.2 Å². The van der Waals surface area contributed by atoms with Crippen molar-refractivity contribution in [3.05, 3.63) is 70.0 Å². The van der Waals surface area contributed by atoms with Gasteiger partial charge in [0.2, 0.25) is 0 Å². The summed E-state index contributed by atoms with van der Waals surface area (Å²) in [5.74, 6) is 1.44. The normalized spacial score (nSPS) is 14.0. The van der Waals surface area contributed by atoms with Crippen LogP contribution in [0.15, 0.2) is 51.7 Å². The van der Waals surface area contributed by atoms with E-state index in [1.165, 1.54) is 10.7 Å². The van der Waals surface area contributed by atoms with Gasteiger partial charge in [0.1, 0.15) is 0 Å². The summed E-state index contributed by atoms with van der Waals surface area (Å²) in [6.07, 6.45) is 0. The smallest absolute Gasteiger partial charge is 0.289 e. The van der Waals surface area contributed by atoms with Crippen LogP contribution in [0.1, 0.15) is 21.9 Å². The Hall–Kier alpha value is -3.88. The Morgan fingerprint density at radius 3 is 2.69 bits per heavy atom. The second-order valence-corrected chi connectivity index (χ2v) is 8.12. The van der Waals surface area contributed by atoms with Crippen LogP contribution in [0.3, 0.4) is 0 Å². The number of rotatable bonds is 5. The second kappa shape index (κ2) is 7.67. The van der Waals surface area contributed by atoms with Crippen LogP contribution in [0.5, 0.6) is 5.75 Å².